The van der Waals surface area contributed by atoms with Crippen molar-refractivity contribution in [1.29, 1.82) is 0 Å². The van der Waals surface area contributed by atoms with Crippen LogP contribution < -0.4 is 0 Å². The van der Waals surface area contributed by atoms with Crippen LogP contribution in [0.5, 0.6) is 0 Å². The van der Waals surface area contributed by atoms with Gasteiger partial charge in [-0.2, -0.15) is 0 Å². The van der Waals surface area contributed by atoms with Gasteiger partial charge in [-0.15, -0.1) is 5.10 Å². The molecule has 1 heterocycles. The standard InChI is InChI=1S/C18H25N3O3/c1-5-24-17(23)10-15(22)11-21-12-16(19-20-21)13-6-8-14(9-7-13)18(2,3)4/h6-9,12,15,22H,5,10-11H2,1-4H3/t15-/m0/s1. The zero-order valence-corrected chi connectivity index (χ0v) is 14.7. The normalized spacial score (nSPS) is 12.9. The first-order valence-corrected chi connectivity index (χ1v) is 8.14. The zero-order chi connectivity index (χ0) is 17.7. The number of aromatic nitrogens is 3. The molecule has 6 heteroatoms. The number of rotatable bonds is 6. The third-order valence-electron chi connectivity index (χ3n) is 3.69. The molecule has 0 saturated heterocycles. The number of carbonyl (C=O) groups is 1. The minimum absolute atomic E-state index is 0.0523. The first kappa shape index (κ1) is 18.1. The van der Waals surface area contributed by atoms with E-state index in [9.17, 15) is 9.90 Å². The number of aliphatic hydroxyl groups is 1. The summed E-state index contributed by atoms with van der Waals surface area (Å²) in [5.74, 6) is -0.414. The Bertz CT molecular complexity index is 672. The van der Waals surface area contributed by atoms with E-state index in [4.69, 9.17) is 4.74 Å². The fraction of sp³-hybridized carbons (Fsp3) is 0.500. The van der Waals surface area contributed by atoms with Gasteiger partial charge in [-0.3, -0.25) is 4.79 Å². The van der Waals surface area contributed by atoms with Crippen molar-refractivity contribution in [2.75, 3.05) is 6.61 Å². The molecule has 0 bridgehead atoms. The Morgan fingerprint density at radius 3 is 2.54 bits per heavy atom. The number of carbonyl (C=O) groups excluding carboxylic acids is 1. The topological polar surface area (TPSA) is 77.2 Å². The second kappa shape index (κ2) is 7.57. The van der Waals surface area contributed by atoms with Gasteiger partial charge in [0.05, 0.1) is 31.9 Å². The first-order chi connectivity index (χ1) is 11.3. The molecule has 1 N–H and O–H groups in total. The van der Waals surface area contributed by atoms with Crippen LogP contribution in [0.1, 0.15) is 39.7 Å². The molecule has 0 aliphatic carbocycles. The molecule has 130 valence electrons. The summed E-state index contributed by atoms with van der Waals surface area (Å²) >= 11 is 0. The highest BCUT2D eigenvalue weighted by Crippen LogP contribution is 2.25. The molecular weight excluding hydrogens is 306 g/mol. The van der Waals surface area contributed by atoms with Crippen molar-refractivity contribution in [2.45, 2.75) is 52.2 Å². The van der Waals surface area contributed by atoms with Crippen molar-refractivity contribution in [3.63, 3.8) is 0 Å². The molecule has 0 radical (unpaired) electrons. The van der Waals surface area contributed by atoms with E-state index < -0.39 is 12.1 Å². The lowest BCUT2D eigenvalue weighted by molar-refractivity contribution is -0.145. The van der Waals surface area contributed by atoms with Gasteiger partial charge in [-0.05, 0) is 17.9 Å². The van der Waals surface area contributed by atoms with Crippen molar-refractivity contribution in [3.8, 4) is 11.3 Å². The fourth-order valence-corrected chi connectivity index (χ4v) is 2.35. The molecule has 6 nitrogen and oxygen atoms in total. The molecule has 0 amide bonds. The summed E-state index contributed by atoms with van der Waals surface area (Å²) in [7, 11) is 0. The highest BCUT2D eigenvalue weighted by atomic mass is 16.5. The summed E-state index contributed by atoms with van der Waals surface area (Å²) in [6.07, 6.45) is 0.867. The molecular formula is C18H25N3O3. The predicted octanol–water partition coefficient (Wildman–Crippen LogP) is 2.56. The number of hydrogen-bond donors (Lipinski definition) is 1. The second-order valence-corrected chi connectivity index (χ2v) is 6.82. The lowest BCUT2D eigenvalue weighted by atomic mass is 9.86. The van der Waals surface area contributed by atoms with Crippen LogP contribution >= 0.6 is 0 Å². The molecule has 0 aliphatic rings. The monoisotopic (exact) mass is 331 g/mol. The molecule has 0 unspecified atom stereocenters. The quantitative estimate of drug-likeness (QED) is 0.823. The van der Waals surface area contributed by atoms with E-state index in [0.29, 0.717) is 6.61 Å². The number of ether oxygens (including phenoxy) is 1. The van der Waals surface area contributed by atoms with Gasteiger partial charge in [0.2, 0.25) is 0 Å². The molecule has 2 rings (SSSR count). The summed E-state index contributed by atoms with van der Waals surface area (Å²) in [5, 5.41) is 18.1. The van der Waals surface area contributed by atoms with Gasteiger partial charge in [0.25, 0.3) is 0 Å². The molecule has 0 fully saturated rings. The Labute approximate surface area is 142 Å². The number of nitrogens with zero attached hydrogens (tertiary/aromatic N) is 3. The van der Waals surface area contributed by atoms with Gasteiger partial charge >= 0.3 is 5.97 Å². The lowest BCUT2D eigenvalue weighted by Crippen LogP contribution is -2.21. The molecule has 24 heavy (non-hydrogen) atoms. The van der Waals surface area contributed by atoms with E-state index in [1.54, 1.807) is 13.1 Å². The second-order valence-electron chi connectivity index (χ2n) is 6.82. The Hall–Kier alpha value is -2.21. The van der Waals surface area contributed by atoms with E-state index in [0.717, 1.165) is 11.3 Å². The van der Waals surface area contributed by atoms with Crippen molar-refractivity contribution < 1.29 is 14.6 Å². The molecule has 1 aromatic carbocycles. The minimum Gasteiger partial charge on any atom is -0.466 e. The fourth-order valence-electron chi connectivity index (χ4n) is 2.35. The Kier molecular flexibility index (Phi) is 5.72. The summed E-state index contributed by atoms with van der Waals surface area (Å²) in [6.45, 7) is 8.75. The molecule has 1 aromatic heterocycles. The molecule has 2 aromatic rings. The lowest BCUT2D eigenvalue weighted by Gasteiger charge is -2.18. The van der Waals surface area contributed by atoms with Crippen LogP contribution in [-0.2, 0) is 21.5 Å². The van der Waals surface area contributed by atoms with Crippen LogP contribution in [0.25, 0.3) is 11.3 Å². The summed E-state index contributed by atoms with van der Waals surface area (Å²) < 4.78 is 6.36. The van der Waals surface area contributed by atoms with Crippen molar-refractivity contribution in [1.82, 2.24) is 15.0 Å². The number of esters is 1. The maximum Gasteiger partial charge on any atom is 0.308 e. The van der Waals surface area contributed by atoms with Gasteiger partial charge < -0.3 is 9.84 Å². The highest BCUT2D eigenvalue weighted by molar-refractivity contribution is 5.69. The van der Waals surface area contributed by atoms with Crippen LogP contribution in [0.4, 0.5) is 0 Å². The maximum atomic E-state index is 11.4. The van der Waals surface area contributed by atoms with Crippen molar-refractivity contribution >= 4 is 5.97 Å². The number of aliphatic hydroxyl groups excluding tert-OH is 1. The van der Waals surface area contributed by atoms with Crippen LogP contribution in [0.15, 0.2) is 30.5 Å². The molecule has 0 aliphatic heterocycles. The van der Waals surface area contributed by atoms with Crippen LogP contribution in [-0.4, -0.2) is 38.8 Å². The van der Waals surface area contributed by atoms with Gasteiger partial charge in [-0.25, -0.2) is 4.68 Å². The van der Waals surface area contributed by atoms with Crippen LogP contribution in [0.3, 0.4) is 0 Å². The first-order valence-electron chi connectivity index (χ1n) is 8.14. The molecule has 1 atom stereocenters. The SMILES string of the molecule is CCOC(=O)C[C@H](O)Cn1cc(-c2ccc(C(C)(C)C)cc2)nn1. The average Bonchev–Trinajstić information content (AvgIpc) is 2.95. The van der Waals surface area contributed by atoms with E-state index in [1.165, 1.54) is 10.2 Å². The van der Waals surface area contributed by atoms with E-state index in [-0.39, 0.29) is 18.4 Å². The van der Waals surface area contributed by atoms with Gasteiger partial charge in [0, 0.05) is 5.56 Å². The van der Waals surface area contributed by atoms with E-state index >= 15 is 0 Å². The van der Waals surface area contributed by atoms with Crippen LogP contribution in [0.2, 0.25) is 0 Å². The van der Waals surface area contributed by atoms with E-state index in [1.807, 2.05) is 12.1 Å². The summed E-state index contributed by atoms with van der Waals surface area (Å²) in [5.41, 5.74) is 3.06. The summed E-state index contributed by atoms with van der Waals surface area (Å²) in [6, 6.07) is 8.21. The van der Waals surface area contributed by atoms with Crippen molar-refractivity contribution in [3.05, 3.63) is 36.0 Å². The van der Waals surface area contributed by atoms with Gasteiger partial charge in [-0.1, -0.05) is 50.3 Å². The highest BCUT2D eigenvalue weighted by Gasteiger charge is 2.15. The van der Waals surface area contributed by atoms with Gasteiger partial charge in [0.1, 0.15) is 5.69 Å². The minimum atomic E-state index is -0.845. The van der Waals surface area contributed by atoms with Crippen LogP contribution in [0, 0.1) is 0 Å². The Morgan fingerprint density at radius 1 is 1.29 bits per heavy atom. The molecule has 0 spiro atoms. The van der Waals surface area contributed by atoms with Gasteiger partial charge in [0.15, 0.2) is 0 Å². The Morgan fingerprint density at radius 2 is 1.96 bits per heavy atom. The largest absolute Gasteiger partial charge is 0.466 e. The number of benzene rings is 1. The maximum absolute atomic E-state index is 11.4. The molecule has 0 saturated carbocycles. The third kappa shape index (κ3) is 4.89. The number of hydrogen-bond acceptors (Lipinski definition) is 5. The zero-order valence-electron chi connectivity index (χ0n) is 14.7. The summed E-state index contributed by atoms with van der Waals surface area (Å²) in [4.78, 5) is 11.4. The third-order valence-corrected chi connectivity index (χ3v) is 3.69. The van der Waals surface area contributed by atoms with E-state index in [2.05, 4.69) is 43.2 Å². The van der Waals surface area contributed by atoms with Crippen molar-refractivity contribution in [2.24, 2.45) is 0 Å². The smallest absolute Gasteiger partial charge is 0.308 e. The predicted molar refractivity (Wildman–Crippen MR) is 91.4 cm³/mol. The average molecular weight is 331 g/mol. The Balaban J connectivity index is 2.01.